The Morgan fingerprint density at radius 2 is 0.893 bits per heavy atom. The van der Waals surface area contributed by atoms with E-state index in [1.807, 2.05) is 24.3 Å². The number of nitrogens with zero attached hydrogens (tertiary/aromatic N) is 5. The van der Waals surface area contributed by atoms with Crippen molar-refractivity contribution in [3.05, 3.63) is 143 Å². The minimum absolute atomic E-state index is 0. The molecule has 4 aromatic rings. The van der Waals surface area contributed by atoms with Crippen LogP contribution in [0, 0.1) is 0 Å². The third kappa shape index (κ3) is 6.93. The van der Waals surface area contributed by atoms with Gasteiger partial charge in [0.05, 0.1) is 22.8 Å². The normalized spacial score (nSPS) is 15.8. The SMILES string of the molecule is CC(=O)Nc1ccc(-c2c3nc(c(C4=CCN(C)C=C4)c4ccc([nH]4)c(C4=CCN(C)C=C4)c4nc(c(C5=CCN(C)C=C5)c5ccc2[nH]5)C=C4)C=C3)cc1.Cl. The van der Waals surface area contributed by atoms with E-state index in [1.165, 1.54) is 6.92 Å². The van der Waals surface area contributed by atoms with Gasteiger partial charge in [0.2, 0.25) is 5.91 Å². The van der Waals surface area contributed by atoms with E-state index in [0.717, 1.165) is 115 Å². The van der Waals surface area contributed by atoms with Gasteiger partial charge in [0.15, 0.2) is 0 Å². The molecule has 1 amide bonds. The Labute approximate surface area is 332 Å². The molecule has 56 heavy (non-hydrogen) atoms. The number of likely N-dealkylation sites (N-methyl/N-ethyl adjacent to an activating group) is 3. The topological polar surface area (TPSA) is 96.2 Å². The van der Waals surface area contributed by atoms with Crippen molar-refractivity contribution in [3.63, 3.8) is 0 Å². The predicted octanol–water partition coefficient (Wildman–Crippen LogP) is 9.23. The Balaban J connectivity index is 0.00000441. The van der Waals surface area contributed by atoms with Crippen molar-refractivity contribution in [1.82, 2.24) is 34.6 Å². The number of benzene rings is 1. The van der Waals surface area contributed by atoms with Crippen molar-refractivity contribution in [1.29, 1.82) is 0 Å². The molecule has 10 heteroatoms. The minimum atomic E-state index is -0.108. The molecule has 9 nitrogen and oxygen atoms in total. The maximum atomic E-state index is 11.9. The van der Waals surface area contributed by atoms with Crippen LogP contribution in [-0.4, -0.2) is 81.3 Å². The van der Waals surface area contributed by atoms with Gasteiger partial charge in [-0.3, -0.25) is 4.79 Å². The molecule has 3 aromatic heterocycles. The van der Waals surface area contributed by atoms with Crippen molar-refractivity contribution < 1.29 is 4.79 Å². The van der Waals surface area contributed by atoms with Crippen LogP contribution in [0.2, 0.25) is 0 Å². The first kappa shape index (κ1) is 36.4. The molecule has 0 radical (unpaired) electrons. The lowest BCUT2D eigenvalue weighted by molar-refractivity contribution is -0.114. The first-order valence-electron chi connectivity index (χ1n) is 18.6. The summed E-state index contributed by atoms with van der Waals surface area (Å²) >= 11 is 0. The molecule has 8 bridgehead atoms. The zero-order valence-electron chi connectivity index (χ0n) is 31.8. The second kappa shape index (κ2) is 14.9. The van der Waals surface area contributed by atoms with E-state index in [2.05, 4.69) is 155 Å². The smallest absolute Gasteiger partial charge is 0.221 e. The second-order valence-electron chi connectivity index (χ2n) is 14.5. The zero-order chi connectivity index (χ0) is 37.6. The lowest BCUT2D eigenvalue weighted by Crippen LogP contribution is -2.13. The second-order valence-corrected chi connectivity index (χ2v) is 14.5. The molecule has 0 saturated carbocycles. The fourth-order valence-electron chi connectivity index (χ4n) is 7.64. The molecule has 3 N–H and O–H groups in total. The summed E-state index contributed by atoms with van der Waals surface area (Å²) in [5.74, 6) is -0.108. The van der Waals surface area contributed by atoms with E-state index in [0.29, 0.717) is 0 Å². The number of hydrogen-bond donors (Lipinski definition) is 3. The van der Waals surface area contributed by atoms with Crippen molar-refractivity contribution >= 4 is 87.1 Å². The maximum Gasteiger partial charge on any atom is 0.221 e. The molecule has 280 valence electrons. The number of carbonyl (C=O) groups is 1. The molecule has 1 aromatic carbocycles. The number of carbonyl (C=O) groups excluding carboxylic acids is 1. The lowest BCUT2D eigenvalue weighted by Gasteiger charge is -2.18. The average Bonchev–Trinajstić information content (AvgIpc) is 4.02. The summed E-state index contributed by atoms with van der Waals surface area (Å²) < 4.78 is 0. The molecule has 5 aliphatic rings. The molecule has 0 aliphatic carbocycles. The largest absolute Gasteiger partial charge is 0.377 e. The van der Waals surface area contributed by atoms with Crippen LogP contribution in [0.1, 0.15) is 46.4 Å². The van der Waals surface area contributed by atoms with Gasteiger partial charge in [-0.25, -0.2) is 9.97 Å². The van der Waals surface area contributed by atoms with Crippen molar-refractivity contribution in [2.45, 2.75) is 6.92 Å². The molecule has 0 spiro atoms. The van der Waals surface area contributed by atoms with Crippen LogP contribution in [0.5, 0.6) is 0 Å². The molecule has 0 fully saturated rings. The first-order valence-corrected chi connectivity index (χ1v) is 18.6. The summed E-state index contributed by atoms with van der Waals surface area (Å²) in [5.41, 5.74) is 16.5. The Morgan fingerprint density at radius 1 is 0.536 bits per heavy atom. The number of anilines is 1. The lowest BCUT2D eigenvalue weighted by atomic mass is 10.0. The highest BCUT2D eigenvalue weighted by Gasteiger charge is 2.21. The summed E-state index contributed by atoms with van der Waals surface area (Å²) in [6, 6.07) is 16.6. The molecule has 8 heterocycles. The Bertz CT molecular complexity index is 2650. The fraction of sp³-hybridized carbons (Fsp3) is 0.152. The molecule has 0 unspecified atom stereocenters. The number of allylic oxidation sites excluding steroid dienone is 6. The van der Waals surface area contributed by atoms with Crippen molar-refractivity contribution in [2.24, 2.45) is 0 Å². The average molecular weight is 759 g/mol. The van der Waals surface area contributed by atoms with Gasteiger partial charge in [-0.1, -0.05) is 30.4 Å². The van der Waals surface area contributed by atoms with E-state index in [9.17, 15) is 4.79 Å². The number of H-pyrrole nitrogens is 2. The highest BCUT2D eigenvalue weighted by molar-refractivity contribution is 5.99. The van der Waals surface area contributed by atoms with Crippen molar-refractivity contribution in [2.75, 3.05) is 46.1 Å². The molecule has 5 aliphatic heterocycles. The Kier molecular flexibility index (Phi) is 9.70. The van der Waals surface area contributed by atoms with Gasteiger partial charge < -0.3 is 30.0 Å². The van der Waals surface area contributed by atoms with Gasteiger partial charge in [-0.15, -0.1) is 12.4 Å². The summed E-state index contributed by atoms with van der Waals surface area (Å²) in [5, 5.41) is 2.90. The third-order valence-electron chi connectivity index (χ3n) is 10.4. The molecule has 9 rings (SSSR count). The third-order valence-corrected chi connectivity index (χ3v) is 10.4. The molecule has 0 atom stereocenters. The van der Waals surface area contributed by atoms with Crippen LogP contribution in [-0.2, 0) is 4.79 Å². The Morgan fingerprint density at radius 3 is 1.23 bits per heavy atom. The number of rotatable bonds is 5. The first-order chi connectivity index (χ1) is 26.8. The number of hydrogen-bond acceptors (Lipinski definition) is 6. The number of halogens is 1. The molecule has 0 saturated heterocycles. The van der Waals surface area contributed by atoms with Gasteiger partial charge >= 0.3 is 0 Å². The predicted molar refractivity (Wildman–Crippen MR) is 235 cm³/mol. The zero-order valence-corrected chi connectivity index (χ0v) is 32.6. The van der Waals surface area contributed by atoms with Crippen LogP contribution in [0.15, 0.2) is 104 Å². The highest BCUT2D eigenvalue weighted by Crippen LogP contribution is 2.37. The van der Waals surface area contributed by atoms with Gasteiger partial charge in [-0.2, -0.15) is 0 Å². The monoisotopic (exact) mass is 758 g/mol. The van der Waals surface area contributed by atoms with Crippen molar-refractivity contribution in [3.8, 4) is 11.1 Å². The van der Waals surface area contributed by atoms with Gasteiger partial charge in [0, 0.05) is 97.7 Å². The van der Waals surface area contributed by atoms with Gasteiger partial charge in [-0.05, 0) is 120 Å². The van der Waals surface area contributed by atoms with Crippen LogP contribution in [0.4, 0.5) is 5.69 Å². The minimum Gasteiger partial charge on any atom is -0.377 e. The number of amides is 1. The number of nitrogens with one attached hydrogen (secondary N) is 3. The van der Waals surface area contributed by atoms with E-state index in [-0.39, 0.29) is 18.3 Å². The summed E-state index contributed by atoms with van der Waals surface area (Å²) in [6.45, 7) is 3.92. The Hall–Kier alpha value is -6.58. The van der Waals surface area contributed by atoms with Gasteiger partial charge in [0.25, 0.3) is 0 Å². The maximum absolute atomic E-state index is 11.9. The summed E-state index contributed by atoms with van der Waals surface area (Å²) in [6.07, 6.45) is 28.2. The van der Waals surface area contributed by atoms with Crippen LogP contribution in [0.3, 0.4) is 0 Å². The van der Waals surface area contributed by atoms with Gasteiger partial charge in [0.1, 0.15) is 0 Å². The standard InChI is InChI=1S/C46H42N8O.ClH/c1-29(55)47-34-7-5-30(6-8-34)43-35-9-11-37(48-35)44(31-17-23-52(2)24-18-31)39-13-15-41(50-39)46(33-21-27-54(4)28-22-33)42-16-14-40(51-42)45(38-12-10-36(43)49-38)32-19-25-53(3)26-20-32;/h5-23,25,27,48,51H,24,26,28H2,1-4H3,(H,47,55);1H. The van der Waals surface area contributed by atoms with E-state index in [1.54, 1.807) is 0 Å². The number of fused-ring (bicyclic) bond motifs is 8. The van der Waals surface area contributed by atoms with E-state index in [4.69, 9.17) is 9.97 Å². The fourth-order valence-corrected chi connectivity index (χ4v) is 7.64. The van der Waals surface area contributed by atoms with Crippen LogP contribution < -0.4 is 5.32 Å². The van der Waals surface area contributed by atoms with E-state index >= 15 is 0 Å². The molecular formula is C46H43ClN8O. The molecular weight excluding hydrogens is 716 g/mol. The summed E-state index contributed by atoms with van der Waals surface area (Å²) in [4.78, 5) is 36.8. The van der Waals surface area contributed by atoms with Crippen LogP contribution >= 0.6 is 12.4 Å². The van der Waals surface area contributed by atoms with Crippen LogP contribution in [0.25, 0.3) is 74.2 Å². The highest BCUT2D eigenvalue weighted by atomic mass is 35.5. The quantitative estimate of drug-likeness (QED) is 0.162. The summed E-state index contributed by atoms with van der Waals surface area (Å²) in [7, 11) is 6.24. The number of aromatic amines is 2. The number of aromatic nitrogens is 4. The van der Waals surface area contributed by atoms with E-state index < -0.39 is 0 Å².